The molecule has 0 saturated carbocycles. The minimum Gasteiger partial charge on any atom is -0.488 e. The molecule has 4 nitrogen and oxygen atoms in total. The molecule has 0 fully saturated rings. The molecule has 0 radical (unpaired) electrons. The van der Waals surface area contributed by atoms with Crippen LogP contribution in [0.25, 0.3) is 0 Å². The van der Waals surface area contributed by atoms with Crippen molar-refractivity contribution in [2.75, 3.05) is 13.1 Å². The topological polar surface area (TPSA) is 55.6 Å². The van der Waals surface area contributed by atoms with E-state index in [1.807, 2.05) is 0 Å². The first-order valence-corrected chi connectivity index (χ1v) is 10.4. The number of benzene rings is 3. The molecule has 0 aliphatic heterocycles. The van der Waals surface area contributed by atoms with Gasteiger partial charge < -0.3 is 15.4 Å². The zero-order valence-corrected chi connectivity index (χ0v) is 17.8. The molecular formula is C26H28F4N2O2. The van der Waals surface area contributed by atoms with Crippen LogP contribution in [-0.2, 0) is 19.3 Å². The molecule has 1 amide bonds. The Morgan fingerprint density at radius 1 is 0.941 bits per heavy atom. The van der Waals surface area contributed by atoms with Crippen molar-refractivity contribution in [3.8, 4) is 5.75 Å². The van der Waals surface area contributed by atoms with E-state index in [9.17, 15) is 22.4 Å². The number of alkyl halides is 3. The number of carbonyl (C=O) groups is 1. The fourth-order valence-corrected chi connectivity index (χ4v) is 3.28. The van der Waals surface area contributed by atoms with Crippen molar-refractivity contribution in [1.29, 1.82) is 0 Å². The Morgan fingerprint density at radius 3 is 2.32 bits per heavy atom. The van der Waals surface area contributed by atoms with Gasteiger partial charge in [-0.3, -0.25) is 4.79 Å². The molecule has 2 N–H and O–H groups in total. The lowest BCUT2D eigenvalue weighted by Crippen LogP contribution is -2.32. The number of halogens is 4. The van der Waals surface area contributed by atoms with Crippen LogP contribution >= 0.6 is 0 Å². The summed E-state index contributed by atoms with van der Waals surface area (Å²) in [5.74, 6) is -0.420. The van der Waals surface area contributed by atoms with Crippen LogP contribution in [0.4, 0.5) is 17.6 Å². The predicted octanol–water partition coefficient (Wildman–Crippen LogP) is 6.05. The zero-order valence-electron chi connectivity index (χ0n) is 17.8. The minimum absolute atomic E-state index is 0. The second-order valence-electron chi connectivity index (χ2n) is 7.48. The molecule has 0 aliphatic rings. The number of hydrogen-bond donors (Lipinski definition) is 1. The summed E-state index contributed by atoms with van der Waals surface area (Å²) in [5, 5.41) is 0. The summed E-state index contributed by atoms with van der Waals surface area (Å²) in [5.41, 5.74) is 6.22. The standard InChI is InChI=1S/C25H24F4N2O2.CH4/c26-21-11-9-18(10-12-21)16-31(14-4-13-30)24(32)22-7-1-2-8-23(22)33-17-19-5-3-6-20(15-19)25(27,28)29;/h1-3,5-12,15H,4,13-14,16-17,30H2;1H4. The fraction of sp³-hybridized carbons (Fsp3) is 0.269. The van der Waals surface area contributed by atoms with Crippen LogP contribution in [0.1, 0.15) is 40.9 Å². The van der Waals surface area contributed by atoms with Gasteiger partial charge in [0.2, 0.25) is 0 Å². The summed E-state index contributed by atoms with van der Waals surface area (Å²) >= 11 is 0. The summed E-state index contributed by atoms with van der Waals surface area (Å²) in [7, 11) is 0. The third-order valence-electron chi connectivity index (χ3n) is 4.97. The molecule has 3 aromatic rings. The van der Waals surface area contributed by atoms with Crippen molar-refractivity contribution in [2.24, 2.45) is 5.73 Å². The third-order valence-corrected chi connectivity index (χ3v) is 4.97. The molecule has 0 unspecified atom stereocenters. The van der Waals surface area contributed by atoms with Crippen molar-refractivity contribution in [2.45, 2.75) is 33.2 Å². The molecule has 0 bridgehead atoms. The molecule has 0 atom stereocenters. The smallest absolute Gasteiger partial charge is 0.416 e. The maximum atomic E-state index is 13.3. The van der Waals surface area contributed by atoms with Gasteiger partial charge in [-0.15, -0.1) is 0 Å². The number of hydrogen-bond acceptors (Lipinski definition) is 3. The van der Waals surface area contributed by atoms with Crippen LogP contribution in [-0.4, -0.2) is 23.9 Å². The Hall–Kier alpha value is -3.39. The number of nitrogens with two attached hydrogens (primary N) is 1. The first-order valence-electron chi connectivity index (χ1n) is 10.4. The quantitative estimate of drug-likeness (QED) is 0.383. The lowest BCUT2D eigenvalue weighted by atomic mass is 10.1. The van der Waals surface area contributed by atoms with Gasteiger partial charge >= 0.3 is 6.18 Å². The van der Waals surface area contributed by atoms with E-state index in [1.165, 1.54) is 24.3 Å². The molecule has 0 saturated heterocycles. The summed E-state index contributed by atoms with van der Waals surface area (Å²) in [6, 6.07) is 17.3. The second-order valence-corrected chi connectivity index (χ2v) is 7.48. The monoisotopic (exact) mass is 476 g/mol. The summed E-state index contributed by atoms with van der Waals surface area (Å²) in [6.07, 6.45) is -3.88. The first-order chi connectivity index (χ1) is 15.8. The average molecular weight is 477 g/mol. The van der Waals surface area contributed by atoms with Crippen molar-refractivity contribution in [3.05, 3.63) is 101 Å². The Labute approximate surface area is 197 Å². The van der Waals surface area contributed by atoms with Crippen LogP contribution in [0, 0.1) is 5.82 Å². The number of ether oxygens (including phenoxy) is 1. The minimum atomic E-state index is -4.45. The average Bonchev–Trinajstić information content (AvgIpc) is 2.81. The summed E-state index contributed by atoms with van der Waals surface area (Å²) in [6.45, 7) is 0.894. The SMILES string of the molecule is C.NCCCN(Cc1ccc(F)cc1)C(=O)c1ccccc1OCc1cccc(C(F)(F)F)c1. The lowest BCUT2D eigenvalue weighted by molar-refractivity contribution is -0.137. The molecule has 0 aliphatic carbocycles. The van der Waals surface area contributed by atoms with Crippen LogP contribution < -0.4 is 10.5 Å². The number of amides is 1. The van der Waals surface area contributed by atoms with Gasteiger partial charge in [-0.25, -0.2) is 4.39 Å². The first kappa shape index (κ1) is 26.9. The third kappa shape index (κ3) is 7.31. The highest BCUT2D eigenvalue weighted by molar-refractivity contribution is 5.96. The van der Waals surface area contributed by atoms with Gasteiger partial charge in [0.1, 0.15) is 18.2 Å². The van der Waals surface area contributed by atoms with Crippen LogP contribution in [0.5, 0.6) is 5.75 Å². The fourth-order valence-electron chi connectivity index (χ4n) is 3.28. The van der Waals surface area contributed by atoms with Crippen molar-refractivity contribution >= 4 is 5.91 Å². The van der Waals surface area contributed by atoms with Gasteiger partial charge in [0.25, 0.3) is 5.91 Å². The highest BCUT2D eigenvalue weighted by Crippen LogP contribution is 2.30. The Morgan fingerprint density at radius 2 is 1.65 bits per heavy atom. The molecule has 8 heteroatoms. The van der Waals surface area contributed by atoms with E-state index in [-0.39, 0.29) is 43.6 Å². The van der Waals surface area contributed by atoms with Gasteiger partial charge in [0, 0.05) is 13.1 Å². The Bertz CT molecular complexity index is 1070. The van der Waals surface area contributed by atoms with Crippen molar-refractivity contribution < 1.29 is 27.1 Å². The van der Waals surface area contributed by atoms with Crippen LogP contribution in [0.2, 0.25) is 0 Å². The molecule has 3 aromatic carbocycles. The molecular weight excluding hydrogens is 448 g/mol. The summed E-state index contributed by atoms with van der Waals surface area (Å²) < 4.78 is 57.9. The van der Waals surface area contributed by atoms with E-state index in [1.54, 1.807) is 41.3 Å². The van der Waals surface area contributed by atoms with E-state index in [0.29, 0.717) is 25.1 Å². The number of nitrogens with zero attached hydrogens (tertiary/aromatic N) is 1. The Balaban J connectivity index is 0.00000408. The molecule has 0 spiro atoms. The normalized spacial score (nSPS) is 11.0. The number of rotatable bonds is 9. The van der Waals surface area contributed by atoms with Crippen LogP contribution in [0.3, 0.4) is 0 Å². The highest BCUT2D eigenvalue weighted by Gasteiger charge is 2.30. The zero-order chi connectivity index (χ0) is 23.8. The number of carbonyl (C=O) groups excluding carboxylic acids is 1. The number of para-hydroxylation sites is 1. The van der Waals surface area contributed by atoms with E-state index in [0.717, 1.165) is 17.7 Å². The van der Waals surface area contributed by atoms with E-state index >= 15 is 0 Å². The van der Waals surface area contributed by atoms with Gasteiger partial charge in [-0.05, 0) is 60.5 Å². The molecule has 34 heavy (non-hydrogen) atoms. The van der Waals surface area contributed by atoms with E-state index < -0.39 is 11.7 Å². The molecule has 0 aromatic heterocycles. The van der Waals surface area contributed by atoms with Crippen molar-refractivity contribution in [1.82, 2.24) is 4.90 Å². The highest BCUT2D eigenvalue weighted by atomic mass is 19.4. The molecule has 3 rings (SSSR count). The summed E-state index contributed by atoms with van der Waals surface area (Å²) in [4.78, 5) is 14.9. The predicted molar refractivity (Wildman–Crippen MR) is 124 cm³/mol. The van der Waals surface area contributed by atoms with Gasteiger partial charge in [0.05, 0.1) is 11.1 Å². The maximum Gasteiger partial charge on any atom is 0.416 e. The van der Waals surface area contributed by atoms with Gasteiger partial charge in [-0.2, -0.15) is 13.2 Å². The molecule has 0 heterocycles. The Kier molecular flexibility index (Phi) is 9.62. The van der Waals surface area contributed by atoms with Crippen molar-refractivity contribution in [3.63, 3.8) is 0 Å². The van der Waals surface area contributed by atoms with Crippen LogP contribution in [0.15, 0.2) is 72.8 Å². The lowest BCUT2D eigenvalue weighted by Gasteiger charge is -2.24. The van der Waals surface area contributed by atoms with Gasteiger partial charge in [-0.1, -0.05) is 43.8 Å². The largest absolute Gasteiger partial charge is 0.488 e. The maximum absolute atomic E-state index is 13.3. The molecule has 182 valence electrons. The van der Waals surface area contributed by atoms with E-state index in [2.05, 4.69) is 0 Å². The van der Waals surface area contributed by atoms with E-state index in [4.69, 9.17) is 10.5 Å². The second kappa shape index (κ2) is 12.2. The van der Waals surface area contributed by atoms with Gasteiger partial charge in [0.15, 0.2) is 0 Å².